The molecule has 0 aromatic heterocycles. The van der Waals surface area contributed by atoms with E-state index in [9.17, 15) is 0 Å². The lowest BCUT2D eigenvalue weighted by Crippen LogP contribution is -2.42. The smallest absolute Gasteiger partial charge is 0.128 e. The van der Waals surface area contributed by atoms with E-state index in [-0.39, 0.29) is 6.04 Å². The number of rotatable bonds is 1. The minimum absolute atomic E-state index is 0.278. The van der Waals surface area contributed by atoms with Crippen LogP contribution in [0.1, 0.15) is 24.0 Å². The SMILES string of the molecule is N#Cc1ccc(C(=N)N2CCC(N)CC2)cc1. The van der Waals surface area contributed by atoms with Gasteiger partial charge >= 0.3 is 0 Å². The first kappa shape index (κ1) is 11.6. The van der Waals surface area contributed by atoms with Crippen LogP contribution in [0.3, 0.4) is 0 Å². The number of nitrogens with zero attached hydrogens (tertiary/aromatic N) is 2. The number of hydrogen-bond acceptors (Lipinski definition) is 3. The van der Waals surface area contributed by atoms with Crippen molar-refractivity contribution >= 4 is 5.84 Å². The van der Waals surface area contributed by atoms with Crippen LogP contribution >= 0.6 is 0 Å². The summed E-state index contributed by atoms with van der Waals surface area (Å²) < 4.78 is 0. The van der Waals surface area contributed by atoms with Gasteiger partial charge in [0.15, 0.2) is 0 Å². The number of hydrogen-bond donors (Lipinski definition) is 2. The minimum atomic E-state index is 0.278. The van der Waals surface area contributed by atoms with Gasteiger partial charge in [-0.05, 0) is 37.1 Å². The highest BCUT2D eigenvalue weighted by molar-refractivity contribution is 5.96. The van der Waals surface area contributed by atoms with E-state index in [2.05, 4.69) is 6.07 Å². The number of benzene rings is 1. The van der Waals surface area contributed by atoms with Crippen LogP contribution in [0.2, 0.25) is 0 Å². The maximum atomic E-state index is 8.72. The van der Waals surface area contributed by atoms with Gasteiger partial charge in [-0.25, -0.2) is 0 Å². The molecule has 1 heterocycles. The summed E-state index contributed by atoms with van der Waals surface area (Å²) in [6.45, 7) is 1.69. The molecule has 2 rings (SSSR count). The van der Waals surface area contributed by atoms with E-state index in [1.54, 1.807) is 12.1 Å². The van der Waals surface area contributed by atoms with Gasteiger partial charge in [0.1, 0.15) is 5.84 Å². The maximum Gasteiger partial charge on any atom is 0.128 e. The number of amidine groups is 1. The molecule has 0 aliphatic carbocycles. The second-order valence-electron chi connectivity index (χ2n) is 4.36. The van der Waals surface area contributed by atoms with E-state index in [4.69, 9.17) is 16.4 Å². The van der Waals surface area contributed by atoms with Crippen molar-refractivity contribution in [3.63, 3.8) is 0 Å². The average molecular weight is 228 g/mol. The van der Waals surface area contributed by atoms with E-state index in [1.165, 1.54) is 0 Å². The Kier molecular flexibility index (Phi) is 3.40. The van der Waals surface area contributed by atoms with E-state index >= 15 is 0 Å². The van der Waals surface area contributed by atoms with Crippen LogP contribution in [0, 0.1) is 16.7 Å². The summed E-state index contributed by atoms with van der Waals surface area (Å²) in [6, 6.07) is 9.51. The number of nitriles is 1. The van der Waals surface area contributed by atoms with Crippen molar-refractivity contribution < 1.29 is 0 Å². The van der Waals surface area contributed by atoms with Gasteiger partial charge in [-0.1, -0.05) is 0 Å². The predicted octanol–water partition coefficient (Wildman–Crippen LogP) is 1.31. The van der Waals surface area contributed by atoms with Crippen molar-refractivity contribution in [2.24, 2.45) is 5.73 Å². The molecule has 0 unspecified atom stereocenters. The molecule has 17 heavy (non-hydrogen) atoms. The Labute approximate surface area is 101 Å². The summed E-state index contributed by atoms with van der Waals surface area (Å²) in [7, 11) is 0. The second-order valence-corrected chi connectivity index (χ2v) is 4.36. The molecule has 0 radical (unpaired) electrons. The quantitative estimate of drug-likeness (QED) is 0.562. The number of nitrogens with one attached hydrogen (secondary N) is 1. The van der Waals surface area contributed by atoms with Crippen LogP contribution in [-0.4, -0.2) is 29.9 Å². The highest BCUT2D eigenvalue weighted by atomic mass is 15.2. The highest BCUT2D eigenvalue weighted by Gasteiger charge is 2.18. The standard InChI is InChI=1S/C13H16N4/c14-9-10-1-3-11(4-2-10)13(16)17-7-5-12(15)6-8-17/h1-4,12,16H,5-8,15H2. The molecule has 88 valence electrons. The predicted molar refractivity (Wildman–Crippen MR) is 66.8 cm³/mol. The van der Waals surface area contributed by atoms with Gasteiger partial charge in [0, 0.05) is 24.7 Å². The molecule has 0 atom stereocenters. The third-order valence-electron chi connectivity index (χ3n) is 3.14. The van der Waals surface area contributed by atoms with E-state index in [0.717, 1.165) is 31.5 Å². The van der Waals surface area contributed by atoms with Gasteiger partial charge in [0.05, 0.1) is 11.6 Å². The van der Waals surface area contributed by atoms with Crippen molar-refractivity contribution in [1.29, 1.82) is 10.7 Å². The molecule has 1 saturated heterocycles. The zero-order chi connectivity index (χ0) is 12.3. The fourth-order valence-corrected chi connectivity index (χ4v) is 2.01. The summed E-state index contributed by atoms with van der Waals surface area (Å²) >= 11 is 0. The Morgan fingerprint density at radius 3 is 2.41 bits per heavy atom. The number of likely N-dealkylation sites (tertiary alicyclic amines) is 1. The molecule has 0 saturated carbocycles. The van der Waals surface area contributed by atoms with E-state index in [1.807, 2.05) is 17.0 Å². The zero-order valence-corrected chi connectivity index (χ0v) is 9.69. The monoisotopic (exact) mass is 228 g/mol. The Morgan fingerprint density at radius 2 is 1.88 bits per heavy atom. The molecule has 1 fully saturated rings. The van der Waals surface area contributed by atoms with Crippen LogP contribution in [0.5, 0.6) is 0 Å². The fourth-order valence-electron chi connectivity index (χ4n) is 2.01. The highest BCUT2D eigenvalue weighted by Crippen LogP contribution is 2.13. The lowest BCUT2D eigenvalue weighted by molar-refractivity contribution is 0.313. The summed E-state index contributed by atoms with van der Waals surface area (Å²) in [5.41, 5.74) is 7.33. The van der Waals surface area contributed by atoms with Crippen molar-refractivity contribution in [3.8, 4) is 6.07 Å². The van der Waals surface area contributed by atoms with Gasteiger partial charge in [0.2, 0.25) is 0 Å². The molecule has 0 spiro atoms. The summed E-state index contributed by atoms with van der Waals surface area (Å²) in [4.78, 5) is 2.05. The summed E-state index contributed by atoms with van der Waals surface area (Å²) in [5, 5.41) is 16.8. The Hall–Kier alpha value is -1.86. The van der Waals surface area contributed by atoms with Gasteiger partial charge in [-0.2, -0.15) is 5.26 Å². The van der Waals surface area contributed by atoms with Crippen LogP contribution in [-0.2, 0) is 0 Å². The molecule has 3 N–H and O–H groups in total. The third-order valence-corrected chi connectivity index (χ3v) is 3.14. The van der Waals surface area contributed by atoms with Crippen LogP contribution in [0.15, 0.2) is 24.3 Å². The third kappa shape index (κ3) is 2.63. The first-order valence-corrected chi connectivity index (χ1v) is 5.80. The van der Waals surface area contributed by atoms with Gasteiger partial charge < -0.3 is 10.6 Å². The molecular formula is C13H16N4. The Balaban J connectivity index is 2.06. The van der Waals surface area contributed by atoms with Gasteiger partial charge in [-0.3, -0.25) is 5.41 Å². The Bertz CT molecular complexity index is 435. The lowest BCUT2D eigenvalue weighted by atomic mass is 10.0. The molecule has 1 aromatic rings. The molecule has 4 nitrogen and oxygen atoms in total. The van der Waals surface area contributed by atoms with Gasteiger partial charge in [0.25, 0.3) is 0 Å². The van der Waals surface area contributed by atoms with E-state index < -0.39 is 0 Å². The molecule has 4 heteroatoms. The lowest BCUT2D eigenvalue weighted by Gasteiger charge is -2.32. The van der Waals surface area contributed by atoms with Crippen LogP contribution in [0.25, 0.3) is 0 Å². The average Bonchev–Trinajstić information content (AvgIpc) is 2.39. The molecular weight excluding hydrogens is 212 g/mol. The normalized spacial score (nSPS) is 16.6. The molecule has 1 aliphatic rings. The zero-order valence-electron chi connectivity index (χ0n) is 9.69. The summed E-state index contributed by atoms with van der Waals surface area (Å²) in [6.07, 6.45) is 1.89. The molecule has 0 amide bonds. The minimum Gasteiger partial charge on any atom is -0.356 e. The second kappa shape index (κ2) is 4.98. The Morgan fingerprint density at radius 1 is 1.29 bits per heavy atom. The van der Waals surface area contributed by atoms with Crippen molar-refractivity contribution in [3.05, 3.63) is 35.4 Å². The first-order valence-electron chi connectivity index (χ1n) is 5.80. The van der Waals surface area contributed by atoms with Crippen LogP contribution in [0.4, 0.5) is 0 Å². The maximum absolute atomic E-state index is 8.72. The first-order chi connectivity index (χ1) is 8.20. The molecule has 1 aliphatic heterocycles. The van der Waals surface area contributed by atoms with Crippen molar-refractivity contribution in [2.45, 2.75) is 18.9 Å². The largest absolute Gasteiger partial charge is 0.356 e. The van der Waals surface area contributed by atoms with Crippen molar-refractivity contribution in [1.82, 2.24) is 4.90 Å². The van der Waals surface area contributed by atoms with Crippen LogP contribution < -0.4 is 5.73 Å². The van der Waals surface area contributed by atoms with Gasteiger partial charge in [-0.15, -0.1) is 0 Å². The number of piperidine rings is 1. The number of nitrogens with two attached hydrogens (primary N) is 1. The molecule has 1 aromatic carbocycles. The molecule has 0 bridgehead atoms. The topological polar surface area (TPSA) is 76.9 Å². The fraction of sp³-hybridized carbons (Fsp3) is 0.385. The van der Waals surface area contributed by atoms with Crippen molar-refractivity contribution in [2.75, 3.05) is 13.1 Å². The summed E-state index contributed by atoms with van der Waals surface area (Å²) in [5.74, 6) is 0.529. The van der Waals surface area contributed by atoms with E-state index in [0.29, 0.717) is 11.4 Å².